The van der Waals surface area contributed by atoms with Crippen LogP contribution in [0.4, 0.5) is 13.2 Å². The minimum absolute atomic E-state index is 0. The Balaban J connectivity index is 0.00000441. The first-order chi connectivity index (χ1) is 9.88. The Morgan fingerprint density at radius 1 is 1.27 bits per heavy atom. The SMILES string of the molecule is CN=C(NCCSC)N(C)Cc1ccc(C(F)(F)F)cc1.I. The first-order valence-electron chi connectivity index (χ1n) is 6.45. The highest BCUT2D eigenvalue weighted by atomic mass is 127. The second kappa shape index (κ2) is 10.2. The number of aliphatic imine (C=N–C) groups is 1. The van der Waals surface area contributed by atoms with E-state index in [4.69, 9.17) is 0 Å². The Morgan fingerprint density at radius 2 is 1.86 bits per heavy atom. The van der Waals surface area contributed by atoms with Gasteiger partial charge in [0, 0.05) is 32.9 Å². The van der Waals surface area contributed by atoms with Gasteiger partial charge in [-0.05, 0) is 24.0 Å². The molecule has 0 bridgehead atoms. The predicted octanol–water partition coefficient (Wildman–Crippen LogP) is 3.69. The lowest BCUT2D eigenvalue weighted by Crippen LogP contribution is -2.39. The molecule has 3 nitrogen and oxygen atoms in total. The standard InChI is InChI=1S/C14H20F3N3S.HI/c1-18-13(19-8-9-21-3)20(2)10-11-4-6-12(7-5-11)14(15,16)17;/h4-7H,8-10H2,1-3H3,(H,18,19);1H. The molecular weight excluding hydrogens is 426 g/mol. The van der Waals surface area contributed by atoms with Crippen molar-refractivity contribution >= 4 is 41.7 Å². The van der Waals surface area contributed by atoms with Crippen LogP contribution >= 0.6 is 35.7 Å². The van der Waals surface area contributed by atoms with E-state index in [0.29, 0.717) is 6.54 Å². The molecule has 0 radical (unpaired) electrons. The van der Waals surface area contributed by atoms with Crippen LogP contribution in [0.2, 0.25) is 0 Å². The molecule has 0 atom stereocenters. The molecule has 8 heteroatoms. The first kappa shape index (κ1) is 21.4. The summed E-state index contributed by atoms with van der Waals surface area (Å²) in [6, 6.07) is 5.20. The Kier molecular flexibility index (Phi) is 9.90. The maximum absolute atomic E-state index is 12.5. The van der Waals surface area contributed by atoms with Crippen molar-refractivity contribution in [2.24, 2.45) is 4.99 Å². The highest BCUT2D eigenvalue weighted by molar-refractivity contribution is 14.0. The summed E-state index contributed by atoms with van der Waals surface area (Å²) in [5.41, 5.74) is 0.176. The van der Waals surface area contributed by atoms with Crippen molar-refractivity contribution in [3.05, 3.63) is 35.4 Å². The lowest BCUT2D eigenvalue weighted by atomic mass is 10.1. The van der Waals surface area contributed by atoms with Gasteiger partial charge in [-0.3, -0.25) is 4.99 Å². The van der Waals surface area contributed by atoms with Crippen molar-refractivity contribution in [1.29, 1.82) is 0 Å². The minimum Gasteiger partial charge on any atom is -0.355 e. The second-order valence-corrected chi connectivity index (χ2v) is 5.50. The Hall–Kier alpha value is -0.640. The molecule has 1 N–H and O–H groups in total. The Morgan fingerprint density at radius 3 is 2.32 bits per heavy atom. The van der Waals surface area contributed by atoms with Gasteiger partial charge in [0.2, 0.25) is 0 Å². The van der Waals surface area contributed by atoms with Crippen LogP contribution in [0.5, 0.6) is 0 Å². The second-order valence-electron chi connectivity index (χ2n) is 4.52. The summed E-state index contributed by atoms with van der Waals surface area (Å²) in [6.45, 7) is 1.29. The van der Waals surface area contributed by atoms with E-state index in [2.05, 4.69) is 10.3 Å². The molecule has 0 saturated carbocycles. The maximum atomic E-state index is 12.5. The van der Waals surface area contributed by atoms with Crippen LogP contribution < -0.4 is 5.32 Å². The summed E-state index contributed by atoms with van der Waals surface area (Å²) in [5, 5.41) is 3.20. The summed E-state index contributed by atoms with van der Waals surface area (Å²) in [4.78, 5) is 6.03. The summed E-state index contributed by atoms with van der Waals surface area (Å²) in [7, 11) is 3.54. The van der Waals surface area contributed by atoms with E-state index >= 15 is 0 Å². The van der Waals surface area contributed by atoms with Crippen molar-refractivity contribution in [3.8, 4) is 0 Å². The molecule has 0 saturated heterocycles. The third-order valence-corrected chi connectivity index (χ3v) is 3.48. The van der Waals surface area contributed by atoms with E-state index in [0.717, 1.165) is 36.0 Å². The summed E-state index contributed by atoms with van der Waals surface area (Å²) >= 11 is 1.73. The fourth-order valence-corrected chi connectivity index (χ4v) is 2.10. The number of guanidine groups is 1. The highest BCUT2D eigenvalue weighted by Gasteiger charge is 2.29. The van der Waals surface area contributed by atoms with Crippen LogP contribution in [-0.4, -0.2) is 43.5 Å². The predicted molar refractivity (Wildman–Crippen MR) is 98.1 cm³/mol. The molecule has 0 unspecified atom stereocenters. The fourth-order valence-electron chi connectivity index (χ4n) is 1.80. The smallest absolute Gasteiger partial charge is 0.355 e. The molecule has 22 heavy (non-hydrogen) atoms. The van der Waals surface area contributed by atoms with Crippen LogP contribution in [0, 0.1) is 0 Å². The number of thioether (sulfide) groups is 1. The molecule has 1 rings (SSSR count). The van der Waals surface area contributed by atoms with Crippen molar-refractivity contribution in [2.45, 2.75) is 12.7 Å². The van der Waals surface area contributed by atoms with Crippen LogP contribution in [0.3, 0.4) is 0 Å². The molecule has 0 aliphatic heterocycles. The molecule has 0 aromatic heterocycles. The van der Waals surface area contributed by atoms with Gasteiger partial charge in [-0.2, -0.15) is 24.9 Å². The fraction of sp³-hybridized carbons (Fsp3) is 0.500. The number of rotatable bonds is 5. The largest absolute Gasteiger partial charge is 0.416 e. The first-order valence-corrected chi connectivity index (χ1v) is 7.84. The quantitative estimate of drug-likeness (QED) is 0.323. The van der Waals surface area contributed by atoms with Gasteiger partial charge in [0.15, 0.2) is 5.96 Å². The van der Waals surface area contributed by atoms with Gasteiger partial charge < -0.3 is 10.2 Å². The molecule has 1 aromatic carbocycles. The minimum atomic E-state index is -4.29. The van der Waals surface area contributed by atoms with E-state index in [1.54, 1.807) is 18.8 Å². The third kappa shape index (κ3) is 7.08. The van der Waals surface area contributed by atoms with Gasteiger partial charge >= 0.3 is 6.18 Å². The van der Waals surface area contributed by atoms with Crippen molar-refractivity contribution in [1.82, 2.24) is 10.2 Å². The Bertz CT molecular complexity index is 463. The molecule has 0 aliphatic rings. The lowest BCUT2D eigenvalue weighted by Gasteiger charge is -2.22. The normalized spacial score (nSPS) is 11.8. The molecule has 1 aromatic rings. The van der Waals surface area contributed by atoms with E-state index in [1.807, 2.05) is 18.2 Å². The van der Waals surface area contributed by atoms with Gasteiger partial charge in [-0.25, -0.2) is 0 Å². The van der Waals surface area contributed by atoms with Gasteiger partial charge in [-0.15, -0.1) is 24.0 Å². The maximum Gasteiger partial charge on any atom is 0.416 e. The van der Waals surface area contributed by atoms with E-state index < -0.39 is 11.7 Å². The van der Waals surface area contributed by atoms with Gasteiger partial charge in [0.25, 0.3) is 0 Å². The average molecular weight is 447 g/mol. The summed E-state index contributed by atoms with van der Waals surface area (Å²) in [5.74, 6) is 1.69. The van der Waals surface area contributed by atoms with Crippen LogP contribution in [0.25, 0.3) is 0 Å². The summed E-state index contributed by atoms with van der Waals surface area (Å²) in [6.07, 6.45) is -2.27. The number of nitrogens with one attached hydrogen (secondary N) is 1. The number of halogens is 4. The van der Waals surface area contributed by atoms with E-state index in [1.165, 1.54) is 12.1 Å². The highest BCUT2D eigenvalue weighted by Crippen LogP contribution is 2.29. The zero-order valence-corrected chi connectivity index (χ0v) is 15.9. The van der Waals surface area contributed by atoms with Gasteiger partial charge in [0.1, 0.15) is 0 Å². The van der Waals surface area contributed by atoms with Crippen molar-refractivity contribution in [3.63, 3.8) is 0 Å². The lowest BCUT2D eigenvalue weighted by molar-refractivity contribution is -0.137. The number of nitrogens with zero attached hydrogens (tertiary/aromatic N) is 2. The number of hydrogen-bond acceptors (Lipinski definition) is 2. The molecule has 0 spiro atoms. The van der Waals surface area contributed by atoms with Gasteiger partial charge in [-0.1, -0.05) is 12.1 Å². The topological polar surface area (TPSA) is 27.6 Å². The zero-order chi connectivity index (χ0) is 15.9. The van der Waals surface area contributed by atoms with E-state index in [9.17, 15) is 13.2 Å². The molecule has 0 amide bonds. The van der Waals surface area contributed by atoms with Crippen LogP contribution in [0.1, 0.15) is 11.1 Å². The molecule has 0 fully saturated rings. The Labute approximate surface area is 150 Å². The average Bonchev–Trinajstić information content (AvgIpc) is 2.43. The van der Waals surface area contributed by atoms with Gasteiger partial charge in [0.05, 0.1) is 5.56 Å². The van der Waals surface area contributed by atoms with E-state index in [-0.39, 0.29) is 24.0 Å². The van der Waals surface area contributed by atoms with Crippen LogP contribution in [0.15, 0.2) is 29.3 Å². The number of alkyl halides is 3. The number of hydrogen-bond donors (Lipinski definition) is 1. The van der Waals surface area contributed by atoms with Crippen molar-refractivity contribution < 1.29 is 13.2 Å². The number of benzene rings is 1. The molecule has 126 valence electrons. The van der Waals surface area contributed by atoms with Crippen LogP contribution in [-0.2, 0) is 12.7 Å². The molecule has 0 heterocycles. The summed E-state index contributed by atoms with van der Waals surface area (Å²) < 4.78 is 37.5. The van der Waals surface area contributed by atoms with Crippen molar-refractivity contribution in [2.75, 3.05) is 32.6 Å². The molecule has 0 aliphatic carbocycles. The monoisotopic (exact) mass is 447 g/mol. The zero-order valence-electron chi connectivity index (χ0n) is 12.8. The third-order valence-electron chi connectivity index (χ3n) is 2.86. The molecular formula is C14H21F3IN3S.